The molecule has 0 saturated carbocycles. The first-order valence-corrected chi connectivity index (χ1v) is 13.3. The van der Waals surface area contributed by atoms with Gasteiger partial charge < -0.3 is 20.6 Å². The molecule has 0 spiro atoms. The first-order valence-electron chi connectivity index (χ1n) is 13.3. The molecule has 9 rings (SSSR count). The second kappa shape index (κ2) is 9.10. The van der Waals surface area contributed by atoms with Crippen LogP contribution in [0.1, 0.15) is 38.8 Å². The average Bonchev–Trinajstić information content (AvgIpc) is 3.73. The molecule has 3 aliphatic heterocycles. The molecule has 1 radical (unpaired) electrons. The summed E-state index contributed by atoms with van der Waals surface area (Å²) in [6.07, 6.45) is 4.91. The summed E-state index contributed by atoms with van der Waals surface area (Å²) in [4.78, 5) is 39.8. The second-order valence-electron chi connectivity index (χ2n) is 10.2. The molecule has 1 unspecified atom stereocenters. The zero-order valence-corrected chi connectivity index (χ0v) is 22.7. The van der Waals surface area contributed by atoms with Crippen molar-refractivity contribution >= 4 is 57.6 Å². The Morgan fingerprint density at radius 2 is 1.31 bits per heavy atom. The van der Waals surface area contributed by atoms with Gasteiger partial charge in [-0.1, -0.05) is 84.9 Å². The number of aromatic nitrogens is 2. The van der Waals surface area contributed by atoms with Crippen molar-refractivity contribution in [2.75, 3.05) is 0 Å². The van der Waals surface area contributed by atoms with Crippen molar-refractivity contribution in [2.24, 2.45) is 20.0 Å². The summed E-state index contributed by atoms with van der Waals surface area (Å²) in [6.45, 7) is 0. The fourth-order valence-electron chi connectivity index (χ4n) is 5.94. The molecule has 5 heterocycles. The Morgan fingerprint density at radius 3 is 2.12 bits per heavy atom. The summed E-state index contributed by atoms with van der Waals surface area (Å²) in [5, 5.41) is 9.72. The molecular weight excluding hydrogens is 576 g/mol. The smallest absolute Gasteiger partial charge is 0.190 e. The van der Waals surface area contributed by atoms with Gasteiger partial charge in [0.05, 0.1) is 5.56 Å². The zero-order valence-electron chi connectivity index (χ0n) is 21.7. The van der Waals surface area contributed by atoms with E-state index < -0.39 is 0 Å². The van der Waals surface area contributed by atoms with Crippen LogP contribution < -0.4 is 21.3 Å². The third-order valence-electron chi connectivity index (χ3n) is 7.82. The van der Waals surface area contributed by atoms with Crippen LogP contribution in [-0.4, -0.2) is 33.3 Å². The van der Waals surface area contributed by atoms with Crippen LogP contribution in [0.25, 0.3) is 16.8 Å². The number of nitrogens with zero attached hydrogens (tertiary/aromatic N) is 4. The van der Waals surface area contributed by atoms with Crippen molar-refractivity contribution in [1.29, 1.82) is 0 Å². The van der Waals surface area contributed by atoms with Gasteiger partial charge in [-0.25, -0.2) is 20.0 Å². The van der Waals surface area contributed by atoms with E-state index in [0.29, 0.717) is 45.4 Å². The maximum atomic E-state index is 13.1. The van der Waals surface area contributed by atoms with Gasteiger partial charge in [0.15, 0.2) is 11.6 Å². The Kier molecular flexibility index (Phi) is 5.31. The Hall–Kier alpha value is -5.31. The summed E-state index contributed by atoms with van der Waals surface area (Å²) in [5.41, 5.74) is 4.90. The predicted octanol–water partition coefficient (Wildman–Crippen LogP) is 4.10. The monoisotopic (exact) mass is 595 g/mol. The molecule has 5 aromatic rings. The predicted molar refractivity (Wildman–Crippen MR) is 158 cm³/mol. The number of aromatic amines is 2. The van der Waals surface area contributed by atoms with Gasteiger partial charge in [0, 0.05) is 55.3 Å². The topological polar surface area (TPSA) is 122 Å². The quantitative estimate of drug-likeness (QED) is 0.202. The molecule has 0 fully saturated rings. The third kappa shape index (κ3) is 3.52. The number of ketones is 1. The molecule has 9 nitrogen and oxygen atoms in total. The number of rotatable bonds is 0. The van der Waals surface area contributed by atoms with Crippen LogP contribution >= 0.6 is 0 Å². The zero-order chi connectivity index (χ0) is 27.1. The number of aliphatic imine (C=N–C) groups is 3. The van der Waals surface area contributed by atoms with Gasteiger partial charge in [-0.15, -0.1) is 0 Å². The Labute approximate surface area is 249 Å². The van der Waals surface area contributed by atoms with Crippen LogP contribution in [0.3, 0.4) is 0 Å². The number of fused-ring (bicyclic) bond motifs is 19. The van der Waals surface area contributed by atoms with Gasteiger partial charge >= 0.3 is 0 Å². The standard InChI is InChI=1S/C32H20N8O.Cu/c41-23-15-7-14-22-24(23)32-39-30-21-13-6-5-12-20(21)28(37-30)35-26-17-9-2-1-8-16(17)25(33-26)34-27-18-10-3-4-11-19(18)29(36-27)38-31(22)40-32;/h1-15,26,36H,(H,33,34)(H,38,40)(H,35,37,39);. The molecule has 1 atom stereocenters. The molecule has 0 saturated heterocycles. The number of amidine groups is 3. The van der Waals surface area contributed by atoms with Gasteiger partial charge in [-0.3, -0.25) is 4.79 Å². The largest absolute Gasteiger partial charge is 0.346 e. The van der Waals surface area contributed by atoms with Gasteiger partial charge in [0.25, 0.3) is 0 Å². The minimum Gasteiger partial charge on any atom is -0.346 e. The summed E-state index contributed by atoms with van der Waals surface area (Å²) < 4.78 is 0. The molecule has 3 aromatic carbocycles. The van der Waals surface area contributed by atoms with E-state index in [2.05, 4.69) is 32.7 Å². The molecule has 42 heavy (non-hydrogen) atoms. The van der Waals surface area contributed by atoms with Crippen molar-refractivity contribution in [3.05, 3.63) is 123 Å². The number of nitrogens with one attached hydrogen (secondary N) is 4. The third-order valence-corrected chi connectivity index (χ3v) is 7.82. The van der Waals surface area contributed by atoms with Crippen LogP contribution in [0.2, 0.25) is 0 Å². The number of hydrogen-bond acceptors (Lipinski definition) is 7. The molecule has 2 aromatic heterocycles. The van der Waals surface area contributed by atoms with Crippen molar-refractivity contribution < 1.29 is 21.9 Å². The van der Waals surface area contributed by atoms with Gasteiger partial charge in [-0.2, -0.15) is 0 Å². The number of hydrogen-bond donors (Lipinski definition) is 4. The van der Waals surface area contributed by atoms with E-state index in [1.54, 1.807) is 12.2 Å². The van der Waals surface area contributed by atoms with E-state index in [9.17, 15) is 4.79 Å². The van der Waals surface area contributed by atoms with E-state index in [4.69, 9.17) is 20.0 Å². The molecular formula is C32H20CuN8O. The number of allylic oxidation sites excluding steroid dienone is 2. The summed E-state index contributed by atoms with van der Waals surface area (Å²) in [5.74, 6) is 3.57. The van der Waals surface area contributed by atoms with E-state index in [-0.39, 0.29) is 29.0 Å². The van der Waals surface area contributed by atoms with Crippen LogP contribution in [0, 0.1) is 0 Å². The van der Waals surface area contributed by atoms with Crippen LogP contribution in [0.5, 0.6) is 0 Å². The summed E-state index contributed by atoms with van der Waals surface area (Å²) >= 11 is 0. The number of carbonyl (C=O) groups is 1. The van der Waals surface area contributed by atoms with Crippen molar-refractivity contribution in [1.82, 2.24) is 20.6 Å². The summed E-state index contributed by atoms with van der Waals surface area (Å²) in [7, 11) is 0. The normalized spacial score (nSPS) is 19.3. The maximum Gasteiger partial charge on any atom is 0.190 e. The molecule has 8 bridgehead atoms. The van der Waals surface area contributed by atoms with Crippen molar-refractivity contribution in [2.45, 2.75) is 6.17 Å². The number of benzene rings is 3. The minimum absolute atomic E-state index is 0. The van der Waals surface area contributed by atoms with E-state index in [1.807, 2.05) is 66.7 Å². The SMILES string of the molecule is O=C1C=CC=c2c1c1[nH]/c2=N\c2[nH]c(c3ccccc23)/N=C2\NC(NC3=NC(=N1)c1ccccc13)c1ccccc12.[Cu]. The molecule has 10 heteroatoms. The van der Waals surface area contributed by atoms with Crippen LogP contribution in [-0.2, 0) is 17.1 Å². The van der Waals surface area contributed by atoms with Gasteiger partial charge in [0.1, 0.15) is 40.8 Å². The molecule has 0 amide bonds. The molecule has 1 aliphatic carbocycles. The van der Waals surface area contributed by atoms with Gasteiger partial charge in [-0.05, 0) is 6.08 Å². The Balaban J connectivity index is 0.00000267. The van der Waals surface area contributed by atoms with E-state index in [0.717, 1.165) is 38.9 Å². The van der Waals surface area contributed by atoms with Gasteiger partial charge in [0.2, 0.25) is 0 Å². The number of H-pyrrole nitrogens is 2. The fraction of sp³-hybridized carbons (Fsp3) is 0.0312. The molecule has 4 aliphatic rings. The van der Waals surface area contributed by atoms with Crippen LogP contribution in [0.15, 0.2) is 105 Å². The fourth-order valence-corrected chi connectivity index (χ4v) is 5.94. The molecule has 205 valence electrons. The minimum atomic E-state index is -0.263. The summed E-state index contributed by atoms with van der Waals surface area (Å²) in [6, 6.07) is 24.1. The van der Waals surface area contributed by atoms with E-state index >= 15 is 0 Å². The second-order valence-corrected chi connectivity index (χ2v) is 10.2. The average molecular weight is 596 g/mol. The Bertz CT molecular complexity index is 2250. The number of carbonyl (C=O) groups excluding carboxylic acids is 1. The van der Waals surface area contributed by atoms with Crippen molar-refractivity contribution in [3.63, 3.8) is 0 Å². The first kappa shape index (κ1) is 24.5. The Morgan fingerprint density at radius 1 is 0.643 bits per heavy atom. The first-order chi connectivity index (χ1) is 20.2. The van der Waals surface area contributed by atoms with Crippen molar-refractivity contribution in [3.8, 4) is 0 Å². The molecule has 4 N–H and O–H groups in total. The van der Waals surface area contributed by atoms with E-state index in [1.165, 1.54) is 0 Å². The maximum absolute atomic E-state index is 13.1. The van der Waals surface area contributed by atoms with Crippen LogP contribution in [0.4, 0.5) is 17.5 Å².